The van der Waals surface area contributed by atoms with Crippen molar-refractivity contribution in [3.63, 3.8) is 0 Å². The minimum atomic E-state index is -3.70. The molecule has 0 aliphatic heterocycles. The van der Waals surface area contributed by atoms with E-state index in [0.29, 0.717) is 17.5 Å². The van der Waals surface area contributed by atoms with Crippen LogP contribution in [0, 0.1) is 0 Å². The molecule has 0 unspecified atom stereocenters. The molecule has 0 fully saturated rings. The SMILES string of the molecule is CC(C)NS(=O)(=O)c1ccccc1Nc1nc(Nc2ccccc2)ncc1Cl. The molecule has 0 amide bonds. The molecule has 3 N–H and O–H groups in total. The molecule has 0 bridgehead atoms. The average Bonchev–Trinajstić information content (AvgIpc) is 2.65. The first-order chi connectivity index (χ1) is 13.3. The number of sulfonamides is 1. The molecule has 0 spiro atoms. The molecule has 0 saturated carbocycles. The van der Waals surface area contributed by atoms with Gasteiger partial charge in [0.15, 0.2) is 5.82 Å². The van der Waals surface area contributed by atoms with Crippen LogP contribution < -0.4 is 15.4 Å². The van der Waals surface area contributed by atoms with E-state index in [1.165, 1.54) is 12.3 Å². The van der Waals surface area contributed by atoms with E-state index in [1.807, 2.05) is 30.3 Å². The van der Waals surface area contributed by atoms with E-state index in [1.54, 1.807) is 32.0 Å². The lowest BCUT2D eigenvalue weighted by molar-refractivity contribution is 0.570. The molecule has 1 aromatic heterocycles. The summed E-state index contributed by atoms with van der Waals surface area (Å²) in [4.78, 5) is 8.64. The summed E-state index contributed by atoms with van der Waals surface area (Å²) in [6.07, 6.45) is 1.45. The first kappa shape index (κ1) is 20.1. The number of nitrogens with zero attached hydrogens (tertiary/aromatic N) is 2. The van der Waals surface area contributed by atoms with Crippen molar-refractivity contribution in [2.24, 2.45) is 0 Å². The molecule has 7 nitrogen and oxygen atoms in total. The van der Waals surface area contributed by atoms with Crippen LogP contribution in [-0.4, -0.2) is 24.4 Å². The zero-order valence-corrected chi connectivity index (χ0v) is 16.9. The first-order valence-electron chi connectivity index (χ1n) is 8.58. The van der Waals surface area contributed by atoms with Gasteiger partial charge in [-0.2, -0.15) is 4.98 Å². The molecule has 3 aromatic rings. The molecule has 9 heteroatoms. The Morgan fingerprint density at radius 1 is 0.964 bits per heavy atom. The van der Waals surface area contributed by atoms with Gasteiger partial charge in [0, 0.05) is 11.7 Å². The summed E-state index contributed by atoms with van der Waals surface area (Å²) in [5.74, 6) is 0.626. The number of anilines is 4. The second-order valence-corrected chi connectivity index (χ2v) is 8.37. The maximum atomic E-state index is 12.6. The summed E-state index contributed by atoms with van der Waals surface area (Å²) < 4.78 is 27.8. The van der Waals surface area contributed by atoms with E-state index in [2.05, 4.69) is 25.3 Å². The Morgan fingerprint density at radius 3 is 2.36 bits per heavy atom. The Morgan fingerprint density at radius 2 is 1.64 bits per heavy atom. The Hall–Kier alpha value is -2.68. The smallest absolute Gasteiger partial charge is 0.242 e. The Bertz CT molecular complexity index is 1060. The van der Waals surface area contributed by atoms with E-state index < -0.39 is 10.0 Å². The van der Waals surface area contributed by atoms with E-state index in [4.69, 9.17) is 11.6 Å². The van der Waals surface area contributed by atoms with Crippen molar-refractivity contribution in [2.75, 3.05) is 10.6 Å². The van der Waals surface area contributed by atoms with Crippen molar-refractivity contribution in [1.82, 2.24) is 14.7 Å². The van der Waals surface area contributed by atoms with Gasteiger partial charge in [-0.15, -0.1) is 0 Å². The summed E-state index contributed by atoms with van der Waals surface area (Å²) in [5.41, 5.74) is 1.18. The van der Waals surface area contributed by atoms with Crippen LogP contribution in [0.5, 0.6) is 0 Å². The van der Waals surface area contributed by atoms with Gasteiger partial charge in [-0.1, -0.05) is 41.9 Å². The van der Waals surface area contributed by atoms with Gasteiger partial charge >= 0.3 is 0 Å². The number of hydrogen-bond acceptors (Lipinski definition) is 6. The van der Waals surface area contributed by atoms with Gasteiger partial charge in [-0.05, 0) is 38.1 Å². The summed E-state index contributed by atoms with van der Waals surface area (Å²) in [5, 5.41) is 6.35. The molecule has 0 aliphatic carbocycles. The molecule has 0 aliphatic rings. The summed E-state index contributed by atoms with van der Waals surface area (Å²) in [6, 6.07) is 15.8. The first-order valence-corrected chi connectivity index (χ1v) is 10.4. The van der Waals surface area contributed by atoms with Crippen molar-refractivity contribution in [1.29, 1.82) is 0 Å². The number of hydrogen-bond donors (Lipinski definition) is 3. The minimum absolute atomic E-state index is 0.107. The third kappa shape index (κ3) is 4.98. The van der Waals surface area contributed by atoms with Crippen LogP contribution >= 0.6 is 11.6 Å². The fraction of sp³-hybridized carbons (Fsp3) is 0.158. The largest absolute Gasteiger partial charge is 0.338 e. The fourth-order valence-electron chi connectivity index (χ4n) is 2.47. The normalized spacial score (nSPS) is 11.4. The Balaban J connectivity index is 1.91. The van der Waals surface area contributed by atoms with Crippen molar-refractivity contribution < 1.29 is 8.42 Å². The lowest BCUT2D eigenvalue weighted by atomic mass is 10.3. The predicted octanol–water partition coefficient (Wildman–Crippen LogP) is 4.30. The number of halogens is 1. The fourth-order valence-corrected chi connectivity index (χ4v) is 4.02. The molecular weight excluding hydrogens is 398 g/mol. The maximum Gasteiger partial charge on any atom is 0.242 e. The molecule has 146 valence electrons. The third-order valence-corrected chi connectivity index (χ3v) is 5.59. The maximum absolute atomic E-state index is 12.6. The van der Waals surface area contributed by atoms with Crippen LogP contribution in [-0.2, 0) is 10.0 Å². The molecule has 0 radical (unpaired) electrons. The van der Waals surface area contributed by atoms with Gasteiger partial charge in [0.1, 0.15) is 9.92 Å². The van der Waals surface area contributed by atoms with Gasteiger partial charge in [0.2, 0.25) is 16.0 Å². The highest BCUT2D eigenvalue weighted by Gasteiger charge is 2.20. The van der Waals surface area contributed by atoms with E-state index in [0.717, 1.165) is 5.69 Å². The van der Waals surface area contributed by atoms with Crippen LogP contribution in [0.4, 0.5) is 23.1 Å². The molecule has 0 saturated heterocycles. The van der Waals surface area contributed by atoms with Gasteiger partial charge < -0.3 is 10.6 Å². The molecule has 3 rings (SSSR count). The molecule has 28 heavy (non-hydrogen) atoms. The zero-order valence-electron chi connectivity index (χ0n) is 15.3. The second-order valence-electron chi connectivity index (χ2n) is 6.28. The minimum Gasteiger partial charge on any atom is -0.338 e. The molecule has 1 heterocycles. The lowest BCUT2D eigenvalue weighted by Gasteiger charge is -2.15. The standard InChI is InChI=1S/C19H20ClN5O2S/c1-13(2)25-28(26,27)17-11-7-6-10-16(17)23-18-15(20)12-21-19(24-18)22-14-8-4-3-5-9-14/h3-13,25H,1-2H3,(H2,21,22,23,24). The number of para-hydroxylation sites is 2. The van der Waals surface area contributed by atoms with Crippen molar-refractivity contribution in [3.8, 4) is 0 Å². The molecular formula is C19H20ClN5O2S. The highest BCUT2D eigenvalue weighted by atomic mass is 35.5. The third-order valence-electron chi connectivity index (χ3n) is 3.59. The lowest BCUT2D eigenvalue weighted by Crippen LogP contribution is -2.30. The summed E-state index contributed by atoms with van der Waals surface area (Å²) in [7, 11) is -3.70. The Kier molecular flexibility index (Phi) is 6.13. The van der Waals surface area contributed by atoms with E-state index in [-0.39, 0.29) is 16.0 Å². The molecule has 0 atom stereocenters. The van der Waals surface area contributed by atoms with E-state index >= 15 is 0 Å². The zero-order chi connectivity index (χ0) is 20.1. The average molecular weight is 418 g/mol. The van der Waals surface area contributed by atoms with Gasteiger partial charge in [0.25, 0.3) is 0 Å². The molecule has 2 aromatic carbocycles. The van der Waals surface area contributed by atoms with Gasteiger partial charge in [-0.3, -0.25) is 0 Å². The highest BCUT2D eigenvalue weighted by Crippen LogP contribution is 2.28. The van der Waals surface area contributed by atoms with E-state index in [9.17, 15) is 8.42 Å². The van der Waals surface area contributed by atoms with Crippen molar-refractivity contribution >= 4 is 44.8 Å². The van der Waals surface area contributed by atoms with Crippen LogP contribution in [0.25, 0.3) is 0 Å². The number of aromatic nitrogens is 2. The number of benzene rings is 2. The number of rotatable bonds is 7. The predicted molar refractivity (Wildman–Crippen MR) is 112 cm³/mol. The quantitative estimate of drug-likeness (QED) is 0.530. The second kappa shape index (κ2) is 8.55. The number of nitrogens with one attached hydrogen (secondary N) is 3. The topological polar surface area (TPSA) is 96.0 Å². The summed E-state index contributed by atoms with van der Waals surface area (Å²) >= 11 is 6.22. The van der Waals surface area contributed by atoms with Crippen LogP contribution in [0.3, 0.4) is 0 Å². The monoisotopic (exact) mass is 417 g/mol. The van der Waals surface area contributed by atoms with Gasteiger partial charge in [0.05, 0.1) is 11.9 Å². The van der Waals surface area contributed by atoms with Crippen LogP contribution in [0.15, 0.2) is 65.7 Å². The summed E-state index contributed by atoms with van der Waals surface area (Å²) in [6.45, 7) is 3.52. The highest BCUT2D eigenvalue weighted by molar-refractivity contribution is 7.89. The van der Waals surface area contributed by atoms with Gasteiger partial charge in [-0.25, -0.2) is 18.1 Å². The van der Waals surface area contributed by atoms with Crippen LogP contribution in [0.1, 0.15) is 13.8 Å². The van der Waals surface area contributed by atoms with Crippen molar-refractivity contribution in [2.45, 2.75) is 24.8 Å². The van der Waals surface area contributed by atoms with Crippen molar-refractivity contribution in [3.05, 3.63) is 65.8 Å². The Labute approximate surface area is 169 Å². The van der Waals surface area contributed by atoms with Crippen LogP contribution in [0.2, 0.25) is 5.02 Å².